The van der Waals surface area contributed by atoms with E-state index in [1.54, 1.807) is 23.1 Å². The molecule has 2 N–H and O–H groups in total. The van der Waals surface area contributed by atoms with Crippen molar-refractivity contribution >= 4 is 29.0 Å². The van der Waals surface area contributed by atoms with Crippen LogP contribution in [0.1, 0.15) is 34.4 Å². The molecule has 128 valence electrons. The number of thioether (sulfide) groups is 1. The highest BCUT2D eigenvalue weighted by Gasteiger charge is 2.22. The summed E-state index contributed by atoms with van der Waals surface area (Å²) < 4.78 is 0. The number of carbonyl (C=O) groups is 1. The zero-order chi connectivity index (χ0) is 16.9. The molecule has 1 aliphatic rings. The third kappa shape index (κ3) is 4.59. The van der Waals surface area contributed by atoms with Gasteiger partial charge < -0.3 is 10.6 Å². The van der Waals surface area contributed by atoms with Gasteiger partial charge in [0.1, 0.15) is 0 Å². The van der Waals surface area contributed by atoms with Crippen LogP contribution in [0, 0.1) is 12.8 Å². The van der Waals surface area contributed by atoms with E-state index in [2.05, 4.69) is 27.9 Å². The molecule has 2 aromatic rings. The van der Waals surface area contributed by atoms with E-state index in [1.807, 2.05) is 31.2 Å². The lowest BCUT2D eigenvalue weighted by molar-refractivity contribution is 0.0914. The fraction of sp³-hybridized carbons (Fsp3) is 0.444. The first-order chi connectivity index (χ1) is 11.6. The van der Waals surface area contributed by atoms with Gasteiger partial charge in [-0.15, -0.1) is 23.1 Å². The smallest absolute Gasteiger partial charge is 0.251 e. The molecular formula is C18H23N3OS2. The summed E-state index contributed by atoms with van der Waals surface area (Å²) in [5.41, 5.74) is 1.85. The lowest BCUT2D eigenvalue weighted by atomic mass is 9.95. The molecule has 0 spiro atoms. The summed E-state index contributed by atoms with van der Waals surface area (Å²) >= 11 is 3.43. The van der Waals surface area contributed by atoms with Crippen LogP contribution in [0.4, 0.5) is 0 Å². The Morgan fingerprint density at radius 3 is 2.88 bits per heavy atom. The lowest BCUT2D eigenvalue weighted by Crippen LogP contribution is -2.48. The second-order valence-corrected chi connectivity index (χ2v) is 8.33. The second kappa shape index (κ2) is 8.14. The summed E-state index contributed by atoms with van der Waals surface area (Å²) in [6.07, 6.45) is 0.994. The van der Waals surface area contributed by atoms with Gasteiger partial charge in [-0.2, -0.15) is 0 Å². The molecule has 0 radical (unpaired) electrons. The number of thiazole rings is 1. The molecule has 3 rings (SSSR count). The maximum Gasteiger partial charge on any atom is 0.251 e. The summed E-state index contributed by atoms with van der Waals surface area (Å²) in [4.78, 5) is 18.0. The maximum absolute atomic E-state index is 12.4. The average Bonchev–Trinajstić information content (AvgIpc) is 3.01. The van der Waals surface area contributed by atoms with E-state index in [0.29, 0.717) is 5.92 Å². The van der Waals surface area contributed by atoms with E-state index >= 15 is 0 Å². The number of nitrogens with one attached hydrogen (secondary N) is 2. The molecule has 1 aromatic heterocycles. The monoisotopic (exact) mass is 361 g/mol. The first kappa shape index (κ1) is 17.5. The molecule has 2 atom stereocenters. The van der Waals surface area contributed by atoms with Gasteiger partial charge in [-0.3, -0.25) is 4.79 Å². The number of amides is 1. The number of aromatic nitrogens is 1. The predicted molar refractivity (Wildman–Crippen MR) is 101 cm³/mol. The van der Waals surface area contributed by atoms with E-state index in [4.69, 9.17) is 0 Å². The molecule has 1 aliphatic heterocycles. The van der Waals surface area contributed by atoms with Crippen LogP contribution in [-0.4, -0.2) is 30.0 Å². The largest absolute Gasteiger partial charge is 0.349 e. The molecule has 6 heteroatoms. The van der Waals surface area contributed by atoms with Gasteiger partial charge in [-0.25, -0.2) is 4.98 Å². The number of rotatable bonds is 5. The van der Waals surface area contributed by atoms with Crippen molar-refractivity contribution in [2.45, 2.75) is 37.0 Å². The molecular weight excluding hydrogens is 338 g/mol. The maximum atomic E-state index is 12.4. The second-order valence-electron chi connectivity index (χ2n) is 6.22. The van der Waals surface area contributed by atoms with E-state index in [0.717, 1.165) is 46.4 Å². The van der Waals surface area contributed by atoms with Gasteiger partial charge in [-0.1, -0.05) is 6.92 Å². The van der Waals surface area contributed by atoms with Crippen molar-refractivity contribution in [1.29, 1.82) is 0 Å². The molecule has 1 saturated heterocycles. The summed E-state index contributed by atoms with van der Waals surface area (Å²) in [5.74, 6) is 1.36. The highest BCUT2D eigenvalue weighted by molar-refractivity contribution is 7.98. The van der Waals surface area contributed by atoms with E-state index in [-0.39, 0.29) is 11.9 Å². The first-order valence-electron chi connectivity index (χ1n) is 8.27. The molecule has 0 bridgehead atoms. The van der Waals surface area contributed by atoms with Crippen LogP contribution >= 0.6 is 23.1 Å². The molecule has 2 unspecified atom stereocenters. The number of hydrogen-bond donors (Lipinski definition) is 2. The van der Waals surface area contributed by atoms with Crippen LogP contribution in [-0.2, 0) is 5.75 Å². The van der Waals surface area contributed by atoms with Crippen molar-refractivity contribution < 1.29 is 4.79 Å². The average molecular weight is 362 g/mol. The van der Waals surface area contributed by atoms with Gasteiger partial charge in [0.05, 0.1) is 10.7 Å². The molecule has 0 saturated carbocycles. The molecule has 2 heterocycles. The van der Waals surface area contributed by atoms with Crippen molar-refractivity contribution in [3.63, 3.8) is 0 Å². The Labute approximate surface area is 151 Å². The fourth-order valence-corrected chi connectivity index (χ4v) is 4.32. The summed E-state index contributed by atoms with van der Waals surface area (Å²) in [5, 5.41) is 9.73. The molecule has 24 heavy (non-hydrogen) atoms. The SMILES string of the molecule is Cc1nc(CSc2ccc(C(=O)NC3CCNCC3C)cc2)cs1. The van der Waals surface area contributed by atoms with Crippen LogP contribution in [0.3, 0.4) is 0 Å². The quantitative estimate of drug-likeness (QED) is 0.801. The standard InChI is InChI=1S/C18H23N3OS2/c1-12-9-19-8-7-17(12)21-18(22)14-3-5-16(6-4-14)24-11-15-10-23-13(2)20-15/h3-6,10,12,17,19H,7-9,11H2,1-2H3,(H,21,22). The number of aryl methyl sites for hydroxylation is 1. The van der Waals surface area contributed by atoms with Crippen molar-refractivity contribution in [3.05, 3.63) is 45.9 Å². The topological polar surface area (TPSA) is 54.0 Å². The number of carbonyl (C=O) groups excluding carboxylic acids is 1. The van der Waals surface area contributed by atoms with Crippen molar-refractivity contribution in [2.75, 3.05) is 13.1 Å². The van der Waals surface area contributed by atoms with Gasteiger partial charge in [0, 0.05) is 27.6 Å². The Morgan fingerprint density at radius 2 is 2.21 bits per heavy atom. The minimum Gasteiger partial charge on any atom is -0.349 e. The minimum absolute atomic E-state index is 0.0282. The molecule has 1 fully saturated rings. The number of nitrogens with zero attached hydrogens (tertiary/aromatic N) is 1. The summed E-state index contributed by atoms with van der Waals surface area (Å²) in [6.45, 7) is 6.14. The Kier molecular flexibility index (Phi) is 5.92. The highest BCUT2D eigenvalue weighted by Crippen LogP contribution is 2.24. The molecule has 4 nitrogen and oxygen atoms in total. The van der Waals surface area contributed by atoms with E-state index in [1.165, 1.54) is 0 Å². The van der Waals surface area contributed by atoms with Crippen LogP contribution in [0.15, 0.2) is 34.5 Å². The predicted octanol–water partition coefficient (Wildman–Crippen LogP) is 3.47. The van der Waals surface area contributed by atoms with Crippen LogP contribution in [0.25, 0.3) is 0 Å². The van der Waals surface area contributed by atoms with Crippen LogP contribution < -0.4 is 10.6 Å². The first-order valence-corrected chi connectivity index (χ1v) is 10.1. The molecule has 1 aromatic carbocycles. The lowest BCUT2D eigenvalue weighted by Gasteiger charge is -2.30. The van der Waals surface area contributed by atoms with Gasteiger partial charge in [-0.05, 0) is 56.6 Å². The normalized spacial score (nSPS) is 20.8. The third-order valence-electron chi connectivity index (χ3n) is 4.27. The van der Waals surface area contributed by atoms with Gasteiger partial charge >= 0.3 is 0 Å². The van der Waals surface area contributed by atoms with Gasteiger partial charge in [0.2, 0.25) is 0 Å². The van der Waals surface area contributed by atoms with Crippen LogP contribution in [0.5, 0.6) is 0 Å². The zero-order valence-electron chi connectivity index (χ0n) is 14.0. The van der Waals surface area contributed by atoms with Crippen molar-refractivity contribution in [1.82, 2.24) is 15.6 Å². The zero-order valence-corrected chi connectivity index (χ0v) is 15.7. The number of piperidine rings is 1. The number of benzene rings is 1. The Balaban J connectivity index is 1.54. The summed E-state index contributed by atoms with van der Waals surface area (Å²) in [7, 11) is 0. The van der Waals surface area contributed by atoms with E-state index < -0.39 is 0 Å². The van der Waals surface area contributed by atoms with E-state index in [9.17, 15) is 4.79 Å². The van der Waals surface area contributed by atoms with Crippen molar-refractivity contribution in [2.24, 2.45) is 5.92 Å². The molecule has 1 amide bonds. The number of hydrogen-bond acceptors (Lipinski definition) is 5. The Hall–Kier alpha value is -1.37. The third-order valence-corrected chi connectivity index (χ3v) is 6.14. The Morgan fingerprint density at radius 1 is 1.42 bits per heavy atom. The summed E-state index contributed by atoms with van der Waals surface area (Å²) in [6, 6.07) is 8.13. The molecule has 0 aliphatic carbocycles. The minimum atomic E-state index is 0.0282. The van der Waals surface area contributed by atoms with Crippen LogP contribution in [0.2, 0.25) is 0 Å². The van der Waals surface area contributed by atoms with Gasteiger partial charge in [0.15, 0.2) is 0 Å². The Bertz CT molecular complexity index is 684. The highest BCUT2D eigenvalue weighted by atomic mass is 32.2. The van der Waals surface area contributed by atoms with Gasteiger partial charge in [0.25, 0.3) is 5.91 Å². The fourth-order valence-electron chi connectivity index (χ4n) is 2.81. The van der Waals surface area contributed by atoms with Crippen molar-refractivity contribution in [3.8, 4) is 0 Å².